The second kappa shape index (κ2) is 8.73. The van der Waals surface area contributed by atoms with Crippen LogP contribution in [0.3, 0.4) is 0 Å². The van der Waals surface area contributed by atoms with Crippen LogP contribution in [0.15, 0.2) is 71.2 Å². The number of carbonyl (C=O) groups excluding carboxylic acids is 3. The smallest absolute Gasteiger partial charge is 0.240 e. The van der Waals surface area contributed by atoms with E-state index < -0.39 is 29.8 Å². The molecular formula is C27H16BrCl3N2O3. The monoisotopic (exact) mass is 600 g/mol. The summed E-state index contributed by atoms with van der Waals surface area (Å²) in [6.07, 6.45) is 3.80. The lowest BCUT2D eigenvalue weighted by atomic mass is 9.86. The van der Waals surface area contributed by atoms with Gasteiger partial charge in [-0.3, -0.25) is 14.4 Å². The second-order valence-corrected chi connectivity index (χ2v) is 11.2. The summed E-state index contributed by atoms with van der Waals surface area (Å²) in [5.41, 5.74) is 2.33. The minimum Gasteiger partial charge on any atom is -0.352 e. The van der Waals surface area contributed by atoms with Crippen LogP contribution in [-0.4, -0.2) is 29.7 Å². The third-order valence-corrected chi connectivity index (χ3v) is 8.17. The van der Waals surface area contributed by atoms with Crippen molar-refractivity contribution >= 4 is 85.8 Å². The van der Waals surface area contributed by atoms with Crippen LogP contribution in [0.25, 0.3) is 6.08 Å². The van der Waals surface area contributed by atoms with Gasteiger partial charge in [-0.05, 0) is 48.0 Å². The van der Waals surface area contributed by atoms with Crippen molar-refractivity contribution in [3.05, 3.63) is 97.4 Å². The van der Waals surface area contributed by atoms with Gasteiger partial charge in [0.15, 0.2) is 5.78 Å². The number of fused-ring (bicyclic) bond motifs is 5. The Kier molecular flexibility index (Phi) is 5.76. The Morgan fingerprint density at radius 1 is 0.806 bits per heavy atom. The van der Waals surface area contributed by atoms with E-state index in [0.717, 1.165) is 20.6 Å². The van der Waals surface area contributed by atoms with Crippen molar-refractivity contribution in [2.45, 2.75) is 12.1 Å². The molecule has 2 saturated heterocycles. The molecule has 0 bridgehead atoms. The zero-order valence-electron chi connectivity index (χ0n) is 18.4. The second-order valence-electron chi connectivity index (χ2n) is 8.97. The Labute approximate surface area is 230 Å². The fraction of sp³-hybridized carbons (Fsp3) is 0.148. The minimum atomic E-state index is -0.903. The molecule has 180 valence electrons. The highest BCUT2D eigenvalue weighted by Crippen LogP contribution is 2.50. The lowest BCUT2D eigenvalue weighted by Gasteiger charge is -2.36. The Bertz CT molecular complexity index is 1470. The van der Waals surface area contributed by atoms with Crippen molar-refractivity contribution in [1.82, 2.24) is 0 Å². The van der Waals surface area contributed by atoms with E-state index in [1.807, 2.05) is 23.1 Å². The Morgan fingerprint density at radius 3 is 2.17 bits per heavy atom. The van der Waals surface area contributed by atoms with E-state index in [9.17, 15) is 14.4 Å². The molecule has 6 rings (SSSR count). The molecule has 2 amide bonds. The summed E-state index contributed by atoms with van der Waals surface area (Å²) >= 11 is 22.1. The lowest BCUT2D eigenvalue weighted by molar-refractivity contribution is -0.122. The highest BCUT2D eigenvalue weighted by atomic mass is 79.9. The number of hydrogen-bond donors (Lipinski definition) is 0. The Balaban J connectivity index is 1.51. The number of Topliss-reactive ketones (excluding diaryl/α,β-unsaturated/α-hetero) is 1. The highest BCUT2D eigenvalue weighted by molar-refractivity contribution is 9.10. The van der Waals surface area contributed by atoms with Gasteiger partial charge >= 0.3 is 0 Å². The number of hydrogen-bond acceptors (Lipinski definition) is 4. The summed E-state index contributed by atoms with van der Waals surface area (Å²) in [4.78, 5) is 44.8. The van der Waals surface area contributed by atoms with Crippen LogP contribution in [0.5, 0.6) is 0 Å². The third-order valence-electron chi connectivity index (χ3n) is 6.97. The van der Waals surface area contributed by atoms with E-state index >= 15 is 0 Å². The molecule has 0 spiro atoms. The van der Waals surface area contributed by atoms with Crippen molar-refractivity contribution in [2.75, 3.05) is 9.80 Å². The molecule has 2 fully saturated rings. The van der Waals surface area contributed by atoms with Gasteiger partial charge in [0.2, 0.25) is 11.8 Å². The molecule has 3 aliphatic rings. The maximum absolute atomic E-state index is 14.0. The van der Waals surface area contributed by atoms with Gasteiger partial charge in [0.25, 0.3) is 0 Å². The maximum Gasteiger partial charge on any atom is 0.240 e. The number of anilines is 2. The van der Waals surface area contributed by atoms with E-state index in [1.54, 1.807) is 36.4 Å². The quantitative estimate of drug-likeness (QED) is 0.248. The highest BCUT2D eigenvalue weighted by Gasteiger charge is 2.64. The molecule has 3 aromatic rings. The van der Waals surface area contributed by atoms with Crippen molar-refractivity contribution < 1.29 is 14.4 Å². The normalized spacial score (nSPS) is 24.1. The maximum atomic E-state index is 14.0. The zero-order chi connectivity index (χ0) is 25.3. The first-order valence-electron chi connectivity index (χ1n) is 11.1. The van der Waals surface area contributed by atoms with Crippen LogP contribution in [0.1, 0.15) is 15.9 Å². The van der Waals surface area contributed by atoms with Gasteiger partial charge < -0.3 is 4.90 Å². The molecule has 0 saturated carbocycles. The largest absolute Gasteiger partial charge is 0.352 e. The number of ketones is 1. The van der Waals surface area contributed by atoms with Gasteiger partial charge in [-0.25, -0.2) is 4.90 Å². The van der Waals surface area contributed by atoms with Gasteiger partial charge in [0.1, 0.15) is 6.04 Å². The van der Waals surface area contributed by atoms with Gasteiger partial charge in [0.05, 0.1) is 23.6 Å². The predicted octanol–water partition coefficient (Wildman–Crippen LogP) is 6.68. The molecule has 3 heterocycles. The van der Waals surface area contributed by atoms with Crippen LogP contribution in [0.4, 0.5) is 11.4 Å². The third kappa shape index (κ3) is 3.62. The molecule has 0 unspecified atom stereocenters. The van der Waals surface area contributed by atoms with Crippen LogP contribution in [0, 0.1) is 11.8 Å². The van der Waals surface area contributed by atoms with Gasteiger partial charge in [0, 0.05) is 30.8 Å². The van der Waals surface area contributed by atoms with Crippen LogP contribution < -0.4 is 9.80 Å². The van der Waals surface area contributed by atoms with Crippen LogP contribution >= 0.6 is 50.7 Å². The molecule has 0 radical (unpaired) electrons. The number of imide groups is 1. The topological polar surface area (TPSA) is 57.7 Å². The Morgan fingerprint density at radius 2 is 1.47 bits per heavy atom. The fourth-order valence-electron chi connectivity index (χ4n) is 5.54. The standard InChI is InChI=1S/C27H16BrCl3N2O3/c28-15-5-1-14(2-6-15)25(34)24-23-22(20-8-4-13-3-7-16(29)12-21(13)33(20)24)26(35)32(27(23)36)19-10-17(30)9-18(31)11-19/h1-12,20,22-24H/t20-,22-,23+,24+/m1/s1. The van der Waals surface area contributed by atoms with Crippen molar-refractivity contribution in [1.29, 1.82) is 0 Å². The average Bonchev–Trinajstić information content (AvgIpc) is 3.31. The first kappa shape index (κ1) is 23.7. The minimum absolute atomic E-state index is 0.242. The summed E-state index contributed by atoms with van der Waals surface area (Å²) in [7, 11) is 0. The molecule has 9 heteroatoms. The number of rotatable bonds is 3. The van der Waals surface area contributed by atoms with Crippen LogP contribution in [-0.2, 0) is 9.59 Å². The number of nitrogens with zero attached hydrogens (tertiary/aromatic N) is 2. The first-order valence-corrected chi connectivity index (χ1v) is 13.1. The summed E-state index contributed by atoms with van der Waals surface area (Å²) in [5, 5.41) is 1.11. The molecule has 0 aliphatic carbocycles. The SMILES string of the molecule is O=C(c1ccc(Br)cc1)[C@@H]1[C@H]2C(=O)N(c3cc(Cl)cc(Cl)c3)C(=O)[C@@H]2[C@H]2C=Cc3ccc(Cl)cc3N21. The molecular weight excluding hydrogens is 587 g/mol. The lowest BCUT2D eigenvalue weighted by Crippen LogP contribution is -2.48. The predicted molar refractivity (Wildman–Crippen MR) is 145 cm³/mol. The number of benzene rings is 3. The van der Waals surface area contributed by atoms with Crippen molar-refractivity contribution in [3.8, 4) is 0 Å². The summed E-state index contributed by atoms with van der Waals surface area (Å²) in [6, 6.07) is 15.6. The molecule has 36 heavy (non-hydrogen) atoms. The number of amides is 2. The van der Waals surface area contributed by atoms with E-state index in [-0.39, 0.29) is 11.7 Å². The summed E-state index contributed by atoms with van der Waals surface area (Å²) < 4.78 is 0.829. The van der Waals surface area contributed by atoms with Gasteiger partial charge in [-0.1, -0.05) is 81.1 Å². The average molecular weight is 603 g/mol. The van der Waals surface area contributed by atoms with Crippen molar-refractivity contribution in [3.63, 3.8) is 0 Å². The molecule has 4 atom stereocenters. The van der Waals surface area contributed by atoms with Gasteiger partial charge in [-0.15, -0.1) is 0 Å². The molecule has 3 aliphatic heterocycles. The van der Waals surface area contributed by atoms with E-state index in [2.05, 4.69) is 15.9 Å². The van der Waals surface area contributed by atoms with E-state index in [1.165, 1.54) is 18.2 Å². The van der Waals surface area contributed by atoms with Gasteiger partial charge in [-0.2, -0.15) is 0 Å². The molecule has 3 aromatic carbocycles. The number of halogens is 4. The number of carbonyl (C=O) groups is 3. The van der Waals surface area contributed by atoms with E-state index in [0.29, 0.717) is 26.3 Å². The zero-order valence-corrected chi connectivity index (χ0v) is 22.2. The fourth-order valence-corrected chi connectivity index (χ4v) is 6.48. The Hall–Kier alpha value is -2.64. The summed E-state index contributed by atoms with van der Waals surface area (Å²) in [5.74, 6) is -2.74. The first-order chi connectivity index (χ1) is 17.2. The molecule has 5 nitrogen and oxygen atoms in total. The molecule has 0 aromatic heterocycles. The van der Waals surface area contributed by atoms with E-state index in [4.69, 9.17) is 34.8 Å². The molecule has 0 N–H and O–H groups in total. The summed E-state index contributed by atoms with van der Waals surface area (Å²) in [6.45, 7) is 0. The van der Waals surface area contributed by atoms with Crippen LogP contribution in [0.2, 0.25) is 15.1 Å². The van der Waals surface area contributed by atoms with Crippen molar-refractivity contribution in [2.24, 2.45) is 11.8 Å².